The van der Waals surface area contributed by atoms with E-state index >= 15 is 0 Å². The number of hydrogen-bond acceptors (Lipinski definition) is 2. The van der Waals surface area contributed by atoms with Gasteiger partial charge in [-0.3, -0.25) is 4.90 Å². The van der Waals surface area contributed by atoms with Crippen molar-refractivity contribution in [3.05, 3.63) is 71.0 Å². The van der Waals surface area contributed by atoms with Crippen LogP contribution < -0.4 is 0 Å². The summed E-state index contributed by atoms with van der Waals surface area (Å²) < 4.78 is 13.3. The Morgan fingerprint density at radius 2 is 1.90 bits per heavy atom. The largest absolute Gasteiger partial charge is 0.478 e. The van der Waals surface area contributed by atoms with Crippen LogP contribution in [-0.4, -0.2) is 23.0 Å². The molecule has 0 aromatic heterocycles. The lowest BCUT2D eigenvalue weighted by molar-refractivity contribution is 0.0697. The van der Waals surface area contributed by atoms with Gasteiger partial charge in [0.2, 0.25) is 0 Å². The van der Waals surface area contributed by atoms with Crippen molar-refractivity contribution in [2.24, 2.45) is 0 Å². The maximum Gasteiger partial charge on any atom is 0.335 e. The van der Waals surface area contributed by atoms with Crippen LogP contribution in [0.5, 0.6) is 0 Å². The summed E-state index contributed by atoms with van der Waals surface area (Å²) in [6.45, 7) is 2.68. The van der Waals surface area contributed by atoms with Crippen molar-refractivity contribution in [3.63, 3.8) is 0 Å². The first kappa shape index (κ1) is 15.2. The third-order valence-corrected chi connectivity index (χ3v) is 3.63. The van der Waals surface area contributed by atoms with Gasteiger partial charge in [-0.25, -0.2) is 9.18 Å². The molecule has 110 valence electrons. The summed E-state index contributed by atoms with van der Waals surface area (Å²) in [6.07, 6.45) is 0. The number of halogens is 1. The van der Waals surface area contributed by atoms with Crippen LogP contribution in [0, 0.1) is 5.82 Å². The van der Waals surface area contributed by atoms with E-state index < -0.39 is 5.97 Å². The fourth-order valence-electron chi connectivity index (χ4n) is 2.20. The Kier molecular flexibility index (Phi) is 4.70. The zero-order chi connectivity index (χ0) is 15.4. The van der Waals surface area contributed by atoms with Crippen molar-refractivity contribution in [2.75, 3.05) is 7.05 Å². The lowest BCUT2D eigenvalue weighted by Crippen LogP contribution is -2.22. The van der Waals surface area contributed by atoms with Gasteiger partial charge in [0.05, 0.1) is 5.56 Å². The minimum absolute atomic E-state index is 0.0693. The van der Waals surface area contributed by atoms with Crippen molar-refractivity contribution in [3.8, 4) is 0 Å². The zero-order valence-corrected chi connectivity index (χ0v) is 12.1. The molecule has 4 heteroatoms. The maximum atomic E-state index is 13.3. The number of carboxylic acids is 1. The van der Waals surface area contributed by atoms with Crippen LogP contribution in [0.25, 0.3) is 0 Å². The summed E-state index contributed by atoms with van der Waals surface area (Å²) in [6, 6.07) is 13.4. The molecule has 1 N–H and O–H groups in total. The van der Waals surface area contributed by atoms with E-state index in [4.69, 9.17) is 5.11 Å². The first-order valence-corrected chi connectivity index (χ1v) is 6.75. The van der Waals surface area contributed by atoms with Crippen LogP contribution in [0.3, 0.4) is 0 Å². The Morgan fingerprint density at radius 3 is 2.48 bits per heavy atom. The molecule has 2 rings (SSSR count). The van der Waals surface area contributed by atoms with Gasteiger partial charge in [-0.15, -0.1) is 0 Å². The molecular weight excluding hydrogens is 269 g/mol. The van der Waals surface area contributed by atoms with Gasteiger partial charge in [0, 0.05) is 12.6 Å². The minimum Gasteiger partial charge on any atom is -0.478 e. The molecule has 0 amide bonds. The normalized spacial score (nSPS) is 12.4. The second-order valence-corrected chi connectivity index (χ2v) is 5.15. The van der Waals surface area contributed by atoms with E-state index in [-0.39, 0.29) is 17.4 Å². The first-order valence-electron chi connectivity index (χ1n) is 6.75. The molecule has 0 aliphatic heterocycles. The van der Waals surface area contributed by atoms with Gasteiger partial charge in [-0.2, -0.15) is 0 Å². The highest BCUT2D eigenvalue weighted by Gasteiger charge is 2.13. The molecule has 1 unspecified atom stereocenters. The molecule has 3 nitrogen and oxygen atoms in total. The van der Waals surface area contributed by atoms with Crippen LogP contribution >= 0.6 is 0 Å². The molecule has 0 radical (unpaired) electrons. The van der Waals surface area contributed by atoms with Gasteiger partial charge in [-0.05, 0) is 49.4 Å². The topological polar surface area (TPSA) is 40.5 Å². The van der Waals surface area contributed by atoms with Crippen LogP contribution in [0.1, 0.15) is 34.5 Å². The number of rotatable bonds is 5. The SMILES string of the molecule is CC(c1cccc(F)c1)N(C)Cc1ccc(C(=O)O)cc1. The van der Waals surface area contributed by atoms with E-state index in [0.717, 1.165) is 11.1 Å². The van der Waals surface area contributed by atoms with E-state index in [0.29, 0.717) is 6.54 Å². The number of benzene rings is 2. The molecule has 0 saturated heterocycles. The average Bonchev–Trinajstić information content (AvgIpc) is 2.47. The van der Waals surface area contributed by atoms with Crippen molar-refractivity contribution in [1.82, 2.24) is 4.90 Å². The molecule has 2 aromatic carbocycles. The number of hydrogen-bond donors (Lipinski definition) is 1. The van der Waals surface area contributed by atoms with E-state index in [9.17, 15) is 9.18 Å². The number of aromatic carboxylic acids is 1. The third-order valence-electron chi connectivity index (χ3n) is 3.63. The molecule has 21 heavy (non-hydrogen) atoms. The van der Waals surface area contributed by atoms with Gasteiger partial charge in [0.25, 0.3) is 0 Å². The van der Waals surface area contributed by atoms with E-state index in [2.05, 4.69) is 4.90 Å². The highest BCUT2D eigenvalue weighted by molar-refractivity contribution is 5.87. The summed E-state index contributed by atoms with van der Waals surface area (Å²) in [7, 11) is 1.96. The molecule has 0 aliphatic carbocycles. The monoisotopic (exact) mass is 287 g/mol. The Hall–Kier alpha value is -2.20. The van der Waals surface area contributed by atoms with Gasteiger partial charge < -0.3 is 5.11 Å². The first-order chi connectivity index (χ1) is 9.97. The third kappa shape index (κ3) is 3.89. The van der Waals surface area contributed by atoms with E-state index in [1.165, 1.54) is 12.1 Å². The Labute approximate surface area is 123 Å². The zero-order valence-electron chi connectivity index (χ0n) is 12.1. The molecule has 0 spiro atoms. The van der Waals surface area contributed by atoms with Gasteiger partial charge in [-0.1, -0.05) is 24.3 Å². The molecule has 0 saturated carbocycles. The molecule has 0 fully saturated rings. The number of carboxylic acid groups (broad SMARTS) is 1. The molecule has 0 aliphatic rings. The van der Waals surface area contributed by atoms with Crippen molar-refractivity contribution in [1.29, 1.82) is 0 Å². The van der Waals surface area contributed by atoms with Crippen LogP contribution in [0.4, 0.5) is 4.39 Å². The highest BCUT2D eigenvalue weighted by Crippen LogP contribution is 2.21. The van der Waals surface area contributed by atoms with Crippen molar-refractivity contribution in [2.45, 2.75) is 19.5 Å². The van der Waals surface area contributed by atoms with Crippen LogP contribution in [0.2, 0.25) is 0 Å². The summed E-state index contributed by atoms with van der Waals surface area (Å²) in [5.41, 5.74) is 2.21. The predicted molar refractivity (Wildman–Crippen MR) is 79.7 cm³/mol. The molecule has 1 atom stereocenters. The van der Waals surface area contributed by atoms with Crippen molar-refractivity contribution >= 4 is 5.97 Å². The molecule has 0 bridgehead atoms. The average molecular weight is 287 g/mol. The summed E-state index contributed by atoms with van der Waals surface area (Å²) in [4.78, 5) is 12.9. The fraction of sp³-hybridized carbons (Fsp3) is 0.235. The maximum absolute atomic E-state index is 13.3. The highest BCUT2D eigenvalue weighted by atomic mass is 19.1. The standard InChI is InChI=1S/C17H18FNO2/c1-12(15-4-3-5-16(18)10-15)19(2)11-13-6-8-14(9-7-13)17(20)21/h3-10,12H,11H2,1-2H3,(H,20,21). The van der Waals surface area contributed by atoms with Gasteiger partial charge in [0.15, 0.2) is 0 Å². The summed E-state index contributed by atoms with van der Waals surface area (Å²) in [5, 5.41) is 8.87. The number of nitrogens with zero attached hydrogens (tertiary/aromatic N) is 1. The summed E-state index contributed by atoms with van der Waals surface area (Å²) >= 11 is 0. The number of carbonyl (C=O) groups is 1. The van der Waals surface area contributed by atoms with E-state index in [1.807, 2.05) is 20.0 Å². The lowest BCUT2D eigenvalue weighted by Gasteiger charge is -2.25. The quantitative estimate of drug-likeness (QED) is 0.911. The second-order valence-electron chi connectivity index (χ2n) is 5.15. The fourth-order valence-corrected chi connectivity index (χ4v) is 2.20. The smallest absolute Gasteiger partial charge is 0.335 e. The predicted octanol–water partition coefficient (Wildman–Crippen LogP) is 3.72. The Morgan fingerprint density at radius 1 is 1.24 bits per heavy atom. The van der Waals surface area contributed by atoms with Gasteiger partial charge in [0.1, 0.15) is 5.82 Å². The van der Waals surface area contributed by atoms with Crippen LogP contribution in [-0.2, 0) is 6.54 Å². The van der Waals surface area contributed by atoms with E-state index in [1.54, 1.807) is 30.3 Å². The molecule has 0 heterocycles. The minimum atomic E-state index is -0.928. The Bertz CT molecular complexity index is 625. The summed E-state index contributed by atoms with van der Waals surface area (Å²) in [5.74, 6) is -1.17. The second kappa shape index (κ2) is 6.50. The van der Waals surface area contributed by atoms with Crippen LogP contribution in [0.15, 0.2) is 48.5 Å². The van der Waals surface area contributed by atoms with Gasteiger partial charge >= 0.3 is 5.97 Å². The Balaban J connectivity index is 2.06. The van der Waals surface area contributed by atoms with Crippen molar-refractivity contribution < 1.29 is 14.3 Å². The molecule has 2 aromatic rings. The molecular formula is C17H18FNO2. The lowest BCUT2D eigenvalue weighted by atomic mass is 10.1.